The van der Waals surface area contributed by atoms with Gasteiger partial charge in [0.1, 0.15) is 0 Å². The lowest BCUT2D eigenvalue weighted by atomic mass is 10.1. The average molecular weight is 274 g/mol. The van der Waals surface area contributed by atoms with Gasteiger partial charge in [-0.1, -0.05) is 0 Å². The van der Waals surface area contributed by atoms with Crippen molar-refractivity contribution < 1.29 is 27.5 Å². The molecule has 1 aromatic heterocycles. The van der Waals surface area contributed by atoms with Crippen LogP contribution in [0.5, 0.6) is 0 Å². The van der Waals surface area contributed by atoms with Crippen molar-refractivity contribution in [3.05, 3.63) is 17.9 Å². The second-order valence-electron chi connectivity index (χ2n) is 4.19. The minimum atomic E-state index is -3.63. The van der Waals surface area contributed by atoms with Crippen LogP contribution in [0, 0.1) is 0 Å². The molecule has 1 unspecified atom stereocenters. The molecule has 0 bridgehead atoms. The van der Waals surface area contributed by atoms with Crippen molar-refractivity contribution in [1.29, 1.82) is 0 Å². The molecular weight excluding hydrogens is 260 g/mol. The molecule has 1 saturated heterocycles. The highest BCUT2D eigenvalue weighted by Gasteiger charge is 2.27. The molecule has 0 aromatic carbocycles. The van der Waals surface area contributed by atoms with E-state index in [-0.39, 0.29) is 22.7 Å². The Kier molecular flexibility index (Phi) is 3.72. The summed E-state index contributed by atoms with van der Waals surface area (Å²) >= 11 is 0. The molecule has 0 aliphatic carbocycles. The minimum Gasteiger partial charge on any atom is -0.475 e. The van der Waals surface area contributed by atoms with E-state index in [0.29, 0.717) is 13.0 Å². The highest BCUT2D eigenvalue weighted by molar-refractivity contribution is 7.91. The summed E-state index contributed by atoms with van der Waals surface area (Å²) in [6.07, 6.45) is 2.26. The van der Waals surface area contributed by atoms with Crippen LogP contribution < -0.4 is 0 Å². The van der Waals surface area contributed by atoms with Gasteiger partial charge in [-0.15, -0.1) is 0 Å². The van der Waals surface area contributed by atoms with Crippen molar-refractivity contribution in [3.63, 3.8) is 0 Å². The first-order chi connectivity index (χ1) is 8.49. The van der Waals surface area contributed by atoms with E-state index in [1.54, 1.807) is 0 Å². The SMILES string of the molecule is O=C(O)c1ccc(S(=O)(=O)CC2CCCCO2)o1. The number of furan rings is 1. The van der Waals surface area contributed by atoms with Gasteiger partial charge in [-0.2, -0.15) is 0 Å². The zero-order valence-electron chi connectivity index (χ0n) is 9.66. The lowest BCUT2D eigenvalue weighted by Crippen LogP contribution is -2.27. The largest absolute Gasteiger partial charge is 0.475 e. The van der Waals surface area contributed by atoms with E-state index in [1.165, 1.54) is 6.07 Å². The molecule has 0 spiro atoms. The maximum absolute atomic E-state index is 12.0. The molecule has 0 amide bonds. The Bertz CT molecular complexity index is 523. The lowest BCUT2D eigenvalue weighted by molar-refractivity contribution is 0.0303. The molecule has 100 valence electrons. The lowest BCUT2D eigenvalue weighted by Gasteiger charge is -2.21. The van der Waals surface area contributed by atoms with Crippen molar-refractivity contribution >= 4 is 15.8 Å². The Morgan fingerprint density at radius 1 is 1.39 bits per heavy atom. The first-order valence-electron chi connectivity index (χ1n) is 5.66. The maximum Gasteiger partial charge on any atom is 0.371 e. The minimum absolute atomic E-state index is 0.167. The summed E-state index contributed by atoms with van der Waals surface area (Å²) < 4.78 is 34.1. The summed E-state index contributed by atoms with van der Waals surface area (Å²) in [5.41, 5.74) is 0. The molecule has 1 fully saturated rings. The van der Waals surface area contributed by atoms with Gasteiger partial charge in [0.05, 0.1) is 11.9 Å². The Morgan fingerprint density at radius 3 is 2.72 bits per heavy atom. The van der Waals surface area contributed by atoms with Crippen molar-refractivity contribution in [1.82, 2.24) is 0 Å². The molecule has 2 rings (SSSR count). The number of carbonyl (C=O) groups is 1. The summed E-state index contributed by atoms with van der Waals surface area (Å²) in [5.74, 6) is -1.83. The van der Waals surface area contributed by atoms with Crippen LogP contribution in [-0.4, -0.2) is 38.0 Å². The van der Waals surface area contributed by atoms with E-state index in [9.17, 15) is 13.2 Å². The predicted octanol–water partition coefficient (Wildman–Crippen LogP) is 1.32. The number of ether oxygens (including phenoxy) is 1. The van der Waals surface area contributed by atoms with Gasteiger partial charge in [-0.3, -0.25) is 0 Å². The number of hydrogen-bond acceptors (Lipinski definition) is 5. The fraction of sp³-hybridized carbons (Fsp3) is 0.545. The molecular formula is C11H14O6S. The Morgan fingerprint density at radius 2 is 2.17 bits per heavy atom. The van der Waals surface area contributed by atoms with Gasteiger partial charge in [0, 0.05) is 6.61 Å². The summed E-state index contributed by atoms with van der Waals surface area (Å²) in [5, 5.41) is 8.36. The zero-order chi connectivity index (χ0) is 13.2. The zero-order valence-corrected chi connectivity index (χ0v) is 10.5. The standard InChI is InChI=1S/C11H14O6S/c12-11(13)9-4-5-10(17-9)18(14,15)7-8-3-1-2-6-16-8/h4-5,8H,1-3,6-7H2,(H,12,13). The summed E-state index contributed by atoms with van der Waals surface area (Å²) in [6.45, 7) is 0.568. The number of carboxylic acid groups (broad SMARTS) is 1. The van der Waals surface area contributed by atoms with Crippen molar-refractivity contribution in [2.24, 2.45) is 0 Å². The molecule has 0 radical (unpaired) electrons. The van der Waals surface area contributed by atoms with Gasteiger partial charge in [-0.05, 0) is 31.4 Å². The molecule has 2 heterocycles. The summed E-state index contributed by atoms with van der Waals surface area (Å²) in [7, 11) is -3.63. The highest BCUT2D eigenvalue weighted by atomic mass is 32.2. The van der Waals surface area contributed by atoms with E-state index in [0.717, 1.165) is 18.9 Å². The third-order valence-corrected chi connectivity index (χ3v) is 4.42. The van der Waals surface area contributed by atoms with Crippen LogP contribution in [0.3, 0.4) is 0 Å². The molecule has 1 N–H and O–H groups in total. The molecule has 1 aliphatic rings. The van der Waals surface area contributed by atoms with Gasteiger partial charge in [0.15, 0.2) is 0 Å². The number of rotatable bonds is 4. The smallest absolute Gasteiger partial charge is 0.371 e. The van der Waals surface area contributed by atoms with Gasteiger partial charge < -0.3 is 14.3 Å². The van der Waals surface area contributed by atoms with Crippen LogP contribution in [0.4, 0.5) is 0 Å². The van der Waals surface area contributed by atoms with E-state index in [2.05, 4.69) is 0 Å². The third kappa shape index (κ3) is 2.91. The third-order valence-electron chi connectivity index (χ3n) is 2.78. The quantitative estimate of drug-likeness (QED) is 0.890. The first-order valence-corrected chi connectivity index (χ1v) is 7.32. The van der Waals surface area contributed by atoms with E-state index in [1.807, 2.05) is 0 Å². The molecule has 1 atom stereocenters. The predicted molar refractivity (Wildman–Crippen MR) is 61.3 cm³/mol. The normalized spacial score (nSPS) is 20.8. The first kappa shape index (κ1) is 13.1. The Labute approximate surface area is 104 Å². The molecule has 1 aromatic rings. The number of hydrogen-bond donors (Lipinski definition) is 1. The molecule has 1 aliphatic heterocycles. The molecule has 7 heteroatoms. The Balaban J connectivity index is 2.11. The topological polar surface area (TPSA) is 93.8 Å². The van der Waals surface area contributed by atoms with Crippen LogP contribution >= 0.6 is 0 Å². The summed E-state index contributed by atoms with van der Waals surface area (Å²) in [4.78, 5) is 10.6. The van der Waals surface area contributed by atoms with E-state index < -0.39 is 15.8 Å². The molecule has 0 saturated carbocycles. The summed E-state index contributed by atoms with van der Waals surface area (Å²) in [6, 6.07) is 2.30. The van der Waals surface area contributed by atoms with Crippen molar-refractivity contribution in [2.45, 2.75) is 30.5 Å². The fourth-order valence-corrected chi connectivity index (χ4v) is 3.28. The second-order valence-corrected chi connectivity index (χ2v) is 6.16. The molecule has 18 heavy (non-hydrogen) atoms. The van der Waals surface area contributed by atoms with Crippen LogP contribution in [0.2, 0.25) is 0 Å². The van der Waals surface area contributed by atoms with Gasteiger partial charge >= 0.3 is 5.97 Å². The Hall–Kier alpha value is -1.34. The van der Waals surface area contributed by atoms with Crippen LogP contribution in [0.25, 0.3) is 0 Å². The highest BCUT2D eigenvalue weighted by Crippen LogP contribution is 2.20. The number of sulfone groups is 1. The maximum atomic E-state index is 12.0. The second kappa shape index (κ2) is 5.11. The van der Waals surface area contributed by atoms with Crippen LogP contribution in [0.1, 0.15) is 29.8 Å². The van der Waals surface area contributed by atoms with Crippen LogP contribution in [-0.2, 0) is 14.6 Å². The number of aromatic carboxylic acids is 1. The number of carboxylic acids is 1. The van der Waals surface area contributed by atoms with Gasteiger partial charge in [-0.25, -0.2) is 13.2 Å². The average Bonchev–Trinajstić information content (AvgIpc) is 2.79. The van der Waals surface area contributed by atoms with E-state index in [4.69, 9.17) is 14.3 Å². The van der Waals surface area contributed by atoms with Crippen LogP contribution in [0.15, 0.2) is 21.6 Å². The van der Waals surface area contributed by atoms with Crippen molar-refractivity contribution in [3.8, 4) is 0 Å². The van der Waals surface area contributed by atoms with E-state index >= 15 is 0 Å². The molecule has 6 nitrogen and oxygen atoms in total. The monoisotopic (exact) mass is 274 g/mol. The van der Waals surface area contributed by atoms with Gasteiger partial charge in [0.2, 0.25) is 20.7 Å². The van der Waals surface area contributed by atoms with Gasteiger partial charge in [0.25, 0.3) is 0 Å². The fourth-order valence-electron chi connectivity index (χ4n) is 1.87. The van der Waals surface area contributed by atoms with Crippen molar-refractivity contribution in [2.75, 3.05) is 12.4 Å².